The molecule has 0 spiro atoms. The van der Waals surface area contributed by atoms with Gasteiger partial charge in [-0.2, -0.15) is 0 Å². The van der Waals surface area contributed by atoms with Gasteiger partial charge in [-0.25, -0.2) is 0 Å². The zero-order valence-electron chi connectivity index (χ0n) is 10.4. The van der Waals surface area contributed by atoms with Gasteiger partial charge in [0.25, 0.3) is 0 Å². The van der Waals surface area contributed by atoms with Crippen LogP contribution in [-0.2, 0) is 0 Å². The zero-order chi connectivity index (χ0) is 11.4. The van der Waals surface area contributed by atoms with Gasteiger partial charge in [-0.05, 0) is 42.7 Å². The van der Waals surface area contributed by atoms with Crippen molar-refractivity contribution in [2.45, 2.75) is 45.6 Å². The summed E-state index contributed by atoms with van der Waals surface area (Å²) in [5.74, 6) is 1.74. The first kappa shape index (κ1) is 12.1. The van der Waals surface area contributed by atoms with Gasteiger partial charge in [0.15, 0.2) is 0 Å². The van der Waals surface area contributed by atoms with Crippen LogP contribution in [0, 0.1) is 11.8 Å². The zero-order valence-corrected chi connectivity index (χ0v) is 11.2. The maximum absolute atomic E-state index is 3.75. The van der Waals surface area contributed by atoms with E-state index in [2.05, 4.69) is 36.7 Å². The van der Waals surface area contributed by atoms with Crippen molar-refractivity contribution in [3.63, 3.8) is 0 Å². The number of rotatable bonds is 5. The fourth-order valence-electron chi connectivity index (χ4n) is 2.90. The summed E-state index contributed by atoms with van der Waals surface area (Å²) in [6.07, 6.45) is 5.46. The Morgan fingerprint density at radius 1 is 1.50 bits per heavy atom. The fraction of sp³-hybridized carbons (Fsp3) is 0.714. The Labute approximate surface area is 103 Å². The van der Waals surface area contributed by atoms with Gasteiger partial charge >= 0.3 is 0 Å². The van der Waals surface area contributed by atoms with E-state index < -0.39 is 0 Å². The van der Waals surface area contributed by atoms with E-state index in [1.54, 1.807) is 0 Å². The molecule has 1 aliphatic rings. The first-order chi connectivity index (χ1) is 7.83. The summed E-state index contributed by atoms with van der Waals surface area (Å²) in [6, 6.07) is 5.08. The molecule has 3 atom stereocenters. The summed E-state index contributed by atoms with van der Waals surface area (Å²) < 4.78 is 0. The normalized spacial score (nSPS) is 27.1. The Hall–Kier alpha value is -0.340. The minimum atomic E-state index is 0.609. The van der Waals surface area contributed by atoms with Crippen molar-refractivity contribution >= 4 is 11.3 Å². The summed E-state index contributed by atoms with van der Waals surface area (Å²) in [5.41, 5.74) is 0. The molecule has 90 valence electrons. The van der Waals surface area contributed by atoms with Crippen molar-refractivity contribution in [3.05, 3.63) is 22.4 Å². The van der Waals surface area contributed by atoms with Crippen LogP contribution in [0.3, 0.4) is 0 Å². The molecule has 0 amide bonds. The molecule has 1 fully saturated rings. The van der Waals surface area contributed by atoms with Crippen LogP contribution in [0.15, 0.2) is 17.5 Å². The number of thiophene rings is 1. The standard InChI is InChI=1S/C14H23NS/c1-3-9-15-14(13-8-5-10-16-13)12-7-4-6-11(12)2/h5,8,10-12,14-15H,3-4,6-7,9H2,1-2H3. The quantitative estimate of drug-likeness (QED) is 0.808. The number of hydrogen-bond donors (Lipinski definition) is 1. The third-order valence-electron chi connectivity index (χ3n) is 3.82. The van der Waals surface area contributed by atoms with Crippen LogP contribution in [0.25, 0.3) is 0 Å². The van der Waals surface area contributed by atoms with Crippen molar-refractivity contribution < 1.29 is 0 Å². The van der Waals surface area contributed by atoms with Crippen molar-refractivity contribution in [2.75, 3.05) is 6.54 Å². The highest BCUT2D eigenvalue weighted by molar-refractivity contribution is 7.10. The summed E-state index contributed by atoms with van der Waals surface area (Å²) in [6.45, 7) is 5.81. The second-order valence-corrected chi connectivity index (χ2v) is 6.00. The van der Waals surface area contributed by atoms with E-state index in [9.17, 15) is 0 Å². The van der Waals surface area contributed by atoms with Gasteiger partial charge in [-0.1, -0.05) is 32.8 Å². The molecule has 0 radical (unpaired) electrons. The van der Waals surface area contributed by atoms with E-state index in [1.165, 1.54) is 30.6 Å². The molecule has 2 rings (SSSR count). The molecular formula is C14H23NS. The highest BCUT2D eigenvalue weighted by atomic mass is 32.1. The van der Waals surface area contributed by atoms with E-state index in [-0.39, 0.29) is 0 Å². The topological polar surface area (TPSA) is 12.0 Å². The van der Waals surface area contributed by atoms with Gasteiger partial charge in [0.2, 0.25) is 0 Å². The second kappa shape index (κ2) is 5.83. The Balaban J connectivity index is 2.08. The highest BCUT2D eigenvalue weighted by Crippen LogP contribution is 2.41. The van der Waals surface area contributed by atoms with Crippen LogP contribution < -0.4 is 5.32 Å². The third kappa shape index (κ3) is 2.67. The molecule has 1 saturated carbocycles. The van der Waals surface area contributed by atoms with Gasteiger partial charge in [0.05, 0.1) is 0 Å². The molecule has 0 aliphatic heterocycles. The highest BCUT2D eigenvalue weighted by Gasteiger charge is 2.31. The third-order valence-corrected chi connectivity index (χ3v) is 4.78. The Bertz CT molecular complexity index is 294. The van der Waals surface area contributed by atoms with Crippen molar-refractivity contribution in [1.29, 1.82) is 0 Å². The Morgan fingerprint density at radius 3 is 2.94 bits per heavy atom. The van der Waals surface area contributed by atoms with Gasteiger partial charge in [0, 0.05) is 10.9 Å². The van der Waals surface area contributed by atoms with Crippen LogP contribution >= 0.6 is 11.3 Å². The fourth-order valence-corrected chi connectivity index (χ4v) is 3.78. The summed E-state index contributed by atoms with van der Waals surface area (Å²) in [7, 11) is 0. The maximum Gasteiger partial charge on any atom is 0.0445 e. The van der Waals surface area contributed by atoms with Crippen LogP contribution in [0.5, 0.6) is 0 Å². The SMILES string of the molecule is CCCNC(c1cccs1)C1CCCC1C. The number of nitrogens with one attached hydrogen (secondary N) is 1. The van der Waals surface area contributed by atoms with Gasteiger partial charge in [-0.15, -0.1) is 11.3 Å². The minimum Gasteiger partial charge on any atom is -0.309 e. The average molecular weight is 237 g/mol. The maximum atomic E-state index is 3.75. The van der Waals surface area contributed by atoms with E-state index in [0.717, 1.165) is 18.4 Å². The first-order valence-corrected chi connectivity index (χ1v) is 7.47. The lowest BCUT2D eigenvalue weighted by molar-refractivity contribution is 0.305. The molecule has 1 heterocycles. The molecule has 3 unspecified atom stereocenters. The molecule has 1 aromatic heterocycles. The van der Waals surface area contributed by atoms with E-state index >= 15 is 0 Å². The van der Waals surface area contributed by atoms with Crippen molar-refractivity contribution in [3.8, 4) is 0 Å². The molecule has 16 heavy (non-hydrogen) atoms. The monoisotopic (exact) mass is 237 g/mol. The molecule has 1 aromatic rings. The Kier molecular flexibility index (Phi) is 4.42. The van der Waals surface area contributed by atoms with Crippen molar-refractivity contribution in [2.24, 2.45) is 11.8 Å². The minimum absolute atomic E-state index is 0.609. The summed E-state index contributed by atoms with van der Waals surface area (Å²) in [5, 5.41) is 5.96. The lowest BCUT2D eigenvalue weighted by Gasteiger charge is -2.27. The van der Waals surface area contributed by atoms with E-state index in [1.807, 2.05) is 11.3 Å². The molecular weight excluding hydrogens is 214 g/mol. The molecule has 0 bridgehead atoms. The lowest BCUT2D eigenvalue weighted by Crippen LogP contribution is -2.29. The molecule has 0 saturated heterocycles. The summed E-state index contributed by atoms with van der Waals surface area (Å²) >= 11 is 1.91. The summed E-state index contributed by atoms with van der Waals surface area (Å²) in [4.78, 5) is 1.53. The van der Waals surface area contributed by atoms with Gasteiger partial charge < -0.3 is 5.32 Å². The molecule has 1 nitrogen and oxygen atoms in total. The van der Waals surface area contributed by atoms with E-state index in [4.69, 9.17) is 0 Å². The van der Waals surface area contributed by atoms with E-state index in [0.29, 0.717) is 6.04 Å². The molecule has 2 heteroatoms. The van der Waals surface area contributed by atoms with Crippen LogP contribution in [-0.4, -0.2) is 6.54 Å². The van der Waals surface area contributed by atoms with Crippen LogP contribution in [0.4, 0.5) is 0 Å². The smallest absolute Gasteiger partial charge is 0.0445 e. The Morgan fingerprint density at radius 2 is 2.38 bits per heavy atom. The van der Waals surface area contributed by atoms with Crippen LogP contribution in [0.1, 0.15) is 50.4 Å². The largest absolute Gasteiger partial charge is 0.309 e. The van der Waals surface area contributed by atoms with Crippen LogP contribution in [0.2, 0.25) is 0 Å². The van der Waals surface area contributed by atoms with Crippen molar-refractivity contribution in [1.82, 2.24) is 5.32 Å². The van der Waals surface area contributed by atoms with Gasteiger partial charge in [0.1, 0.15) is 0 Å². The number of hydrogen-bond acceptors (Lipinski definition) is 2. The lowest BCUT2D eigenvalue weighted by atomic mass is 9.89. The second-order valence-electron chi connectivity index (χ2n) is 5.02. The molecule has 0 aromatic carbocycles. The van der Waals surface area contributed by atoms with Gasteiger partial charge in [-0.3, -0.25) is 0 Å². The predicted molar refractivity (Wildman–Crippen MR) is 71.9 cm³/mol. The molecule has 1 N–H and O–H groups in total. The predicted octanol–water partition coefficient (Wildman–Crippen LogP) is 4.23. The molecule has 1 aliphatic carbocycles. The average Bonchev–Trinajstić information content (AvgIpc) is 2.91. The first-order valence-electron chi connectivity index (χ1n) is 6.59.